The summed E-state index contributed by atoms with van der Waals surface area (Å²) in [5.41, 5.74) is 5.26. The van der Waals surface area contributed by atoms with Crippen molar-refractivity contribution in [1.29, 1.82) is 0 Å². The molecule has 0 saturated heterocycles. The molecule has 2 aromatic heterocycles. The van der Waals surface area contributed by atoms with Gasteiger partial charge in [0.25, 0.3) is 0 Å². The zero-order valence-corrected chi connectivity index (χ0v) is 19.7. The Morgan fingerprint density at radius 3 is 2.53 bits per heavy atom. The van der Waals surface area contributed by atoms with Crippen LogP contribution in [0.5, 0.6) is 5.75 Å². The van der Waals surface area contributed by atoms with Crippen molar-refractivity contribution in [2.45, 2.75) is 13.5 Å². The number of nitrogens with one attached hydrogen (secondary N) is 1. The second-order valence-electron chi connectivity index (χ2n) is 8.33. The van der Waals surface area contributed by atoms with Crippen molar-refractivity contribution >= 4 is 22.6 Å². The zero-order valence-electron chi connectivity index (χ0n) is 19.7. The smallest absolute Gasteiger partial charge is 0.338 e. The molecule has 3 aromatic carbocycles. The van der Waals surface area contributed by atoms with Gasteiger partial charge in [-0.1, -0.05) is 42.5 Å². The average Bonchev–Trinajstić information content (AvgIpc) is 3.19. The fourth-order valence-corrected chi connectivity index (χ4v) is 4.12. The lowest BCUT2D eigenvalue weighted by Gasteiger charge is -2.09. The Hall–Kier alpha value is -4.91. The average molecular weight is 477 g/mol. The third-order valence-corrected chi connectivity index (χ3v) is 5.78. The van der Waals surface area contributed by atoms with Crippen LogP contribution in [0.3, 0.4) is 0 Å². The zero-order chi connectivity index (χ0) is 25.1. The summed E-state index contributed by atoms with van der Waals surface area (Å²) in [6, 6.07) is 24.5. The SMILES string of the molecule is C=CC(=O)Nc1cccc(-n2c(=O)n(-c3ccc(OCc4cccc(C)c4)cc3)c3cnccc32)c1. The highest BCUT2D eigenvalue weighted by atomic mass is 16.5. The molecule has 0 unspecified atom stereocenters. The Balaban J connectivity index is 1.50. The van der Waals surface area contributed by atoms with Gasteiger partial charge >= 0.3 is 5.69 Å². The largest absolute Gasteiger partial charge is 0.489 e. The first-order chi connectivity index (χ1) is 17.5. The number of pyridine rings is 1. The number of carbonyl (C=O) groups excluding carboxylic acids is 1. The molecule has 0 spiro atoms. The first-order valence-corrected chi connectivity index (χ1v) is 11.4. The van der Waals surface area contributed by atoms with Crippen LogP contribution in [-0.4, -0.2) is 20.0 Å². The van der Waals surface area contributed by atoms with Crippen LogP contribution < -0.4 is 15.7 Å². The molecule has 0 saturated carbocycles. The molecule has 5 rings (SSSR count). The van der Waals surface area contributed by atoms with Crippen LogP contribution in [0, 0.1) is 6.92 Å². The predicted octanol–water partition coefficient (Wildman–Crippen LogP) is 5.19. The van der Waals surface area contributed by atoms with Gasteiger partial charge in [-0.05, 0) is 67.1 Å². The van der Waals surface area contributed by atoms with Crippen LogP contribution >= 0.6 is 0 Å². The number of aryl methyl sites for hydroxylation is 1. The molecule has 0 radical (unpaired) electrons. The number of rotatable bonds is 7. The monoisotopic (exact) mass is 476 g/mol. The standard InChI is InChI=1S/C29H24N4O3/c1-3-28(34)31-22-8-5-9-24(17-22)33-26-14-15-30-18-27(26)32(29(33)35)23-10-12-25(13-11-23)36-19-21-7-4-6-20(2)16-21/h3-18H,1,19H2,2H3,(H,31,34). The van der Waals surface area contributed by atoms with Crippen molar-refractivity contribution in [2.24, 2.45) is 0 Å². The predicted molar refractivity (Wildman–Crippen MR) is 141 cm³/mol. The van der Waals surface area contributed by atoms with Gasteiger partial charge in [-0.2, -0.15) is 0 Å². The van der Waals surface area contributed by atoms with E-state index < -0.39 is 0 Å². The van der Waals surface area contributed by atoms with Gasteiger partial charge in [-0.3, -0.25) is 18.9 Å². The summed E-state index contributed by atoms with van der Waals surface area (Å²) in [6.45, 7) is 5.99. The number of ether oxygens (including phenoxy) is 1. The third-order valence-electron chi connectivity index (χ3n) is 5.78. The first kappa shape index (κ1) is 22.9. The number of amides is 1. The normalized spacial score (nSPS) is 10.8. The van der Waals surface area contributed by atoms with Crippen LogP contribution in [0.25, 0.3) is 22.4 Å². The maximum Gasteiger partial charge on any atom is 0.338 e. The first-order valence-electron chi connectivity index (χ1n) is 11.4. The van der Waals surface area contributed by atoms with Gasteiger partial charge in [0, 0.05) is 11.9 Å². The van der Waals surface area contributed by atoms with E-state index in [-0.39, 0.29) is 11.6 Å². The second kappa shape index (κ2) is 9.76. The van der Waals surface area contributed by atoms with Gasteiger partial charge in [0.15, 0.2) is 0 Å². The number of benzene rings is 3. The molecule has 0 atom stereocenters. The number of nitrogens with zero attached hydrogens (tertiary/aromatic N) is 3. The van der Waals surface area contributed by atoms with Crippen LogP contribution in [0.15, 0.2) is 109 Å². The topological polar surface area (TPSA) is 78.2 Å². The molecular weight excluding hydrogens is 452 g/mol. The molecule has 1 amide bonds. The minimum Gasteiger partial charge on any atom is -0.489 e. The van der Waals surface area contributed by atoms with E-state index in [1.807, 2.05) is 42.5 Å². The highest BCUT2D eigenvalue weighted by molar-refractivity contribution is 5.99. The summed E-state index contributed by atoms with van der Waals surface area (Å²) in [4.78, 5) is 29.7. The van der Waals surface area contributed by atoms with Crippen LogP contribution in [0.1, 0.15) is 11.1 Å². The molecule has 0 aliphatic heterocycles. The molecule has 0 aliphatic rings. The van der Waals surface area contributed by atoms with Gasteiger partial charge in [-0.15, -0.1) is 0 Å². The van der Waals surface area contributed by atoms with Crippen molar-refractivity contribution in [3.8, 4) is 17.1 Å². The molecule has 178 valence electrons. The van der Waals surface area contributed by atoms with Crippen molar-refractivity contribution in [1.82, 2.24) is 14.1 Å². The fourth-order valence-electron chi connectivity index (χ4n) is 4.12. The van der Waals surface area contributed by atoms with E-state index in [4.69, 9.17) is 4.74 Å². The minimum atomic E-state index is -0.323. The van der Waals surface area contributed by atoms with Crippen LogP contribution in [0.2, 0.25) is 0 Å². The Kier molecular flexibility index (Phi) is 6.19. The summed E-state index contributed by atoms with van der Waals surface area (Å²) < 4.78 is 9.15. The number of hydrogen-bond acceptors (Lipinski definition) is 4. The Bertz CT molecular complexity index is 1630. The maximum absolute atomic E-state index is 13.7. The third kappa shape index (κ3) is 4.54. The lowest BCUT2D eigenvalue weighted by molar-refractivity contribution is -0.111. The second-order valence-corrected chi connectivity index (χ2v) is 8.33. The van der Waals surface area contributed by atoms with Crippen molar-refractivity contribution < 1.29 is 9.53 Å². The number of imidazole rings is 1. The Labute approximate surface area is 207 Å². The molecular formula is C29H24N4O3. The van der Waals surface area contributed by atoms with E-state index in [1.54, 1.807) is 45.8 Å². The molecule has 0 aliphatic carbocycles. The Morgan fingerprint density at radius 2 is 1.75 bits per heavy atom. The minimum absolute atomic E-state index is 0.251. The molecule has 0 fully saturated rings. The van der Waals surface area contributed by atoms with Crippen molar-refractivity contribution in [3.63, 3.8) is 0 Å². The number of fused-ring (bicyclic) bond motifs is 1. The van der Waals surface area contributed by atoms with E-state index in [1.165, 1.54) is 11.6 Å². The molecule has 0 bridgehead atoms. The highest BCUT2D eigenvalue weighted by Crippen LogP contribution is 2.23. The van der Waals surface area contributed by atoms with E-state index >= 15 is 0 Å². The summed E-state index contributed by atoms with van der Waals surface area (Å²) in [5.74, 6) is 0.386. The van der Waals surface area contributed by atoms with E-state index in [9.17, 15) is 9.59 Å². The van der Waals surface area contributed by atoms with Gasteiger partial charge in [0.05, 0.1) is 28.6 Å². The summed E-state index contributed by atoms with van der Waals surface area (Å²) in [6.07, 6.45) is 4.51. The highest BCUT2D eigenvalue weighted by Gasteiger charge is 2.16. The van der Waals surface area contributed by atoms with Crippen LogP contribution in [0.4, 0.5) is 5.69 Å². The molecule has 1 N–H and O–H groups in total. The van der Waals surface area contributed by atoms with E-state index in [2.05, 4.69) is 35.9 Å². The number of aromatic nitrogens is 3. The van der Waals surface area contributed by atoms with Gasteiger partial charge in [0.1, 0.15) is 12.4 Å². The van der Waals surface area contributed by atoms with Crippen molar-refractivity contribution in [2.75, 3.05) is 5.32 Å². The summed E-state index contributed by atoms with van der Waals surface area (Å²) >= 11 is 0. The van der Waals surface area contributed by atoms with Crippen LogP contribution in [-0.2, 0) is 11.4 Å². The maximum atomic E-state index is 13.7. The van der Waals surface area contributed by atoms with E-state index in [0.29, 0.717) is 40.5 Å². The van der Waals surface area contributed by atoms with E-state index in [0.717, 1.165) is 5.56 Å². The lowest BCUT2D eigenvalue weighted by Crippen LogP contribution is -2.22. The number of hydrogen-bond donors (Lipinski definition) is 1. The fraction of sp³-hybridized carbons (Fsp3) is 0.0690. The van der Waals surface area contributed by atoms with Gasteiger partial charge < -0.3 is 10.1 Å². The lowest BCUT2D eigenvalue weighted by atomic mass is 10.1. The number of carbonyl (C=O) groups is 1. The van der Waals surface area contributed by atoms with Crippen molar-refractivity contribution in [3.05, 3.63) is 126 Å². The van der Waals surface area contributed by atoms with Gasteiger partial charge in [0.2, 0.25) is 5.91 Å². The molecule has 5 aromatic rings. The summed E-state index contributed by atoms with van der Waals surface area (Å²) in [5, 5.41) is 2.74. The Morgan fingerprint density at radius 1 is 0.972 bits per heavy atom. The molecule has 7 heteroatoms. The summed E-state index contributed by atoms with van der Waals surface area (Å²) in [7, 11) is 0. The quantitative estimate of drug-likeness (QED) is 0.328. The molecule has 36 heavy (non-hydrogen) atoms. The van der Waals surface area contributed by atoms with Gasteiger partial charge in [-0.25, -0.2) is 4.79 Å². The number of anilines is 1. The molecule has 7 nitrogen and oxygen atoms in total. The molecule has 2 heterocycles.